The number of amides is 15. The van der Waals surface area contributed by atoms with Crippen molar-refractivity contribution in [3.05, 3.63) is 203 Å². The van der Waals surface area contributed by atoms with Crippen LogP contribution in [0.4, 0.5) is 0 Å². The first kappa shape index (κ1) is 101. The van der Waals surface area contributed by atoms with E-state index in [0.29, 0.717) is 57.1 Å². The minimum absolute atomic E-state index is 0.0194. The zero-order valence-corrected chi connectivity index (χ0v) is 76.9. The van der Waals surface area contributed by atoms with Crippen LogP contribution in [0.2, 0.25) is 0 Å². The second kappa shape index (κ2) is 48.5. The van der Waals surface area contributed by atoms with Crippen molar-refractivity contribution in [2.45, 2.75) is 209 Å². The van der Waals surface area contributed by atoms with Gasteiger partial charge in [-0.1, -0.05) is 181 Å². The van der Waals surface area contributed by atoms with Crippen LogP contribution in [-0.2, 0) is 115 Å². The molecule has 35 nitrogen and oxygen atoms in total. The van der Waals surface area contributed by atoms with Gasteiger partial charge in [0.05, 0.1) is 18.7 Å². The van der Waals surface area contributed by atoms with Gasteiger partial charge in [-0.2, -0.15) is 0 Å². The summed E-state index contributed by atoms with van der Waals surface area (Å²) in [5.74, 6) is -16.8. The van der Waals surface area contributed by atoms with E-state index >= 15 is 47.9 Å². The molecule has 36 heteroatoms. The number of phenols is 2. The van der Waals surface area contributed by atoms with Crippen molar-refractivity contribution in [1.29, 1.82) is 0 Å². The average Bonchev–Trinajstić information content (AvgIpc) is 1.53. The van der Waals surface area contributed by atoms with E-state index in [4.69, 9.17) is 5.73 Å². The molecule has 1 aromatic heterocycles. The number of para-hydroxylation sites is 1. The minimum atomic E-state index is -1.89. The highest BCUT2D eigenvalue weighted by Gasteiger charge is 2.46. The Kier molecular flexibility index (Phi) is 37.0. The number of phenolic OH excluding ortho intramolecular Hbond substituents is 2. The molecule has 0 bridgehead atoms. The number of likely N-dealkylation sites (N-methyl/N-ethyl adjacent to an activating group) is 3. The van der Waals surface area contributed by atoms with Crippen LogP contribution in [0.15, 0.2) is 170 Å². The van der Waals surface area contributed by atoms with Gasteiger partial charge in [-0.25, -0.2) is 0 Å². The van der Waals surface area contributed by atoms with Gasteiger partial charge in [-0.05, 0) is 114 Å². The summed E-state index contributed by atoms with van der Waals surface area (Å²) in [5.41, 5.74) is 9.25. The number of rotatable bonds is 23. The third-order valence-electron chi connectivity index (χ3n) is 24.2. The molecule has 0 radical (unpaired) electrons. The van der Waals surface area contributed by atoms with Crippen molar-refractivity contribution in [3.63, 3.8) is 0 Å². The molecule has 0 spiro atoms. The maximum Gasteiger partial charge on any atom is 0.305 e. The van der Waals surface area contributed by atoms with Gasteiger partial charge in [0.2, 0.25) is 88.6 Å². The predicted molar refractivity (Wildman–Crippen MR) is 496 cm³/mol. The summed E-state index contributed by atoms with van der Waals surface area (Å²) in [6.07, 6.45) is 0.840. The number of primary amides is 1. The second-order valence-corrected chi connectivity index (χ2v) is 36.0. The molecule has 10 rings (SSSR count). The maximum absolute atomic E-state index is 15.8. The topological polar surface area (TPSA) is 500 Å². The number of nitrogens with two attached hydrogens (primary N) is 1. The molecule has 0 saturated carbocycles. The summed E-state index contributed by atoms with van der Waals surface area (Å²) in [4.78, 5) is 248. The molecule has 0 unspecified atom stereocenters. The lowest BCUT2D eigenvalue weighted by Crippen LogP contribution is -2.62. The zero-order chi connectivity index (χ0) is 96.3. The zero-order valence-electron chi connectivity index (χ0n) is 76.1. The lowest BCUT2D eigenvalue weighted by molar-refractivity contribution is -0.152. The van der Waals surface area contributed by atoms with Gasteiger partial charge in [0.25, 0.3) is 0 Å². The average molecular weight is 1850 g/mol. The number of thioether (sulfide) groups is 1. The monoisotopic (exact) mass is 1850 g/mol. The van der Waals surface area contributed by atoms with E-state index in [0.717, 1.165) is 16.7 Å². The van der Waals surface area contributed by atoms with Gasteiger partial charge in [0.15, 0.2) is 0 Å². The fourth-order valence-corrected chi connectivity index (χ4v) is 17.8. The van der Waals surface area contributed by atoms with Gasteiger partial charge in [0.1, 0.15) is 90.0 Å². The smallest absolute Gasteiger partial charge is 0.305 e. The predicted octanol–water partition coefficient (Wildman–Crippen LogP) is 3.39. The molecular weight excluding hydrogens is 1730 g/mol. The van der Waals surface area contributed by atoms with Gasteiger partial charge in [-0.3, -0.25) is 76.7 Å². The van der Waals surface area contributed by atoms with Crippen LogP contribution in [0.25, 0.3) is 10.9 Å². The van der Waals surface area contributed by atoms with Crippen molar-refractivity contribution in [3.8, 4) is 11.5 Å². The van der Waals surface area contributed by atoms with Crippen LogP contribution < -0.4 is 53.6 Å². The number of unbranched alkanes of at least 4 members (excludes halogenated alkanes) is 1. The highest BCUT2D eigenvalue weighted by Crippen LogP contribution is 2.29. The Balaban J connectivity index is 1.05. The molecule has 3 fully saturated rings. The maximum atomic E-state index is 15.8. The molecule has 3 aliphatic heterocycles. The van der Waals surface area contributed by atoms with E-state index in [9.17, 15) is 44.1 Å². The number of nitrogens with one attached hydrogen (secondary N) is 10. The molecule has 3 aliphatic rings. The van der Waals surface area contributed by atoms with Gasteiger partial charge < -0.3 is 98.4 Å². The molecule has 7 aromatic rings. The first-order valence-electron chi connectivity index (χ1n) is 45.0. The number of H-pyrrole nitrogens is 1. The number of aromatic hydroxyl groups is 2. The first-order valence-corrected chi connectivity index (χ1v) is 46.1. The Hall–Kier alpha value is -13.7. The molecule has 13 atom stereocenters. The molecule has 0 aliphatic carbocycles. The van der Waals surface area contributed by atoms with Crippen LogP contribution in [0.3, 0.4) is 0 Å². The normalized spacial score (nSPS) is 23.5. The molecular formula is C97H122N16O19S. The number of benzene rings is 6. The number of aliphatic carboxylic acids is 1. The largest absolute Gasteiger partial charge is 0.508 e. The van der Waals surface area contributed by atoms with Gasteiger partial charge in [-0.15, -0.1) is 11.8 Å². The summed E-state index contributed by atoms with van der Waals surface area (Å²) in [6, 6.07) is 25.2. The highest BCUT2D eigenvalue weighted by atomic mass is 32.2. The molecule has 15 N–H and O–H groups in total. The third-order valence-corrected chi connectivity index (χ3v) is 25.2. The lowest BCUT2D eigenvalue weighted by atomic mass is 9.98. The molecule has 710 valence electrons. The fraction of sp³-hybridized carbons (Fsp3) is 0.443. The van der Waals surface area contributed by atoms with Crippen LogP contribution in [0, 0.1) is 11.8 Å². The number of fused-ring (bicyclic) bond motifs is 3. The van der Waals surface area contributed by atoms with Crippen molar-refractivity contribution in [2.24, 2.45) is 17.6 Å². The van der Waals surface area contributed by atoms with Crippen LogP contribution in [-0.4, -0.2) is 270 Å². The van der Waals surface area contributed by atoms with Crippen molar-refractivity contribution >= 4 is 117 Å². The van der Waals surface area contributed by atoms with Crippen LogP contribution in [0.5, 0.6) is 11.5 Å². The van der Waals surface area contributed by atoms with Crippen LogP contribution >= 0.6 is 11.8 Å². The summed E-state index contributed by atoms with van der Waals surface area (Å²) < 4.78 is 0. The van der Waals surface area contributed by atoms with E-state index in [1.54, 1.807) is 149 Å². The Morgan fingerprint density at radius 2 is 0.917 bits per heavy atom. The van der Waals surface area contributed by atoms with Gasteiger partial charge >= 0.3 is 5.97 Å². The van der Waals surface area contributed by atoms with Crippen molar-refractivity contribution in [1.82, 2.24) is 77.3 Å². The summed E-state index contributed by atoms with van der Waals surface area (Å²) in [6.45, 7) is 7.81. The van der Waals surface area contributed by atoms with E-state index in [2.05, 4.69) is 52.8 Å². The number of aromatic nitrogens is 1. The van der Waals surface area contributed by atoms with E-state index in [-0.39, 0.29) is 113 Å². The van der Waals surface area contributed by atoms with E-state index in [1.165, 1.54) is 89.3 Å². The highest BCUT2D eigenvalue weighted by molar-refractivity contribution is 8.00. The number of nitrogens with zero attached hydrogens (tertiary/aromatic N) is 5. The molecule has 15 amide bonds. The number of carbonyl (C=O) groups excluding carboxylic acids is 15. The molecule has 6 aromatic carbocycles. The number of carboxylic acids is 1. The van der Waals surface area contributed by atoms with E-state index < -0.39 is 198 Å². The Morgan fingerprint density at radius 1 is 0.466 bits per heavy atom. The Morgan fingerprint density at radius 3 is 1.46 bits per heavy atom. The molecule has 3 saturated heterocycles. The Bertz CT molecular complexity index is 5260. The number of carboxylic acid groups (broad SMARTS) is 1. The quantitative estimate of drug-likeness (QED) is 0.0436. The van der Waals surface area contributed by atoms with Crippen molar-refractivity contribution < 1.29 is 92.0 Å². The number of carbonyl (C=O) groups is 16. The van der Waals surface area contributed by atoms with Crippen molar-refractivity contribution in [2.75, 3.05) is 52.3 Å². The number of hydrogen-bond donors (Lipinski definition) is 14. The SMILES string of the molecule is CCCC[C@H]1C(=O)N2CCC[C@H]2C(=O)N[C@@H](CC(=O)O)C(=O)N[C@@H](C(C)C)C(=O)N(C)[C@@H](Cc2ccccc2)C(=O)N[C@@H](Cc2ccc(O)cc2)C(=O)N2CCC[C@H]2C(=O)N[C@@H](Cc2c[nH]c3ccccc23)C(=O)N[C@@H](Cc2ccc(O)cc2)C(=O)N[C@@H](CC(C)C)C(=O)N[C@H](C(=O)NCC(N)=O)CSCC(=O)N[C@@H](Cc2ccccc2)C(=O)N(C)[C@@H](Cc2ccccc2)C(=O)N1C. The molecule has 133 heavy (non-hydrogen) atoms. The fourth-order valence-electron chi connectivity index (χ4n) is 16.9. The summed E-state index contributed by atoms with van der Waals surface area (Å²) in [5, 5.41) is 56.6. The third kappa shape index (κ3) is 28.4. The standard InChI is InChI=1S/C97H122N16O19S/c1-9-10-32-78-96(131)113-44-23-34-77(113)91(126)105-72(52-83(118)119)89(124)108-84(58(4)5)97(132)110(7)79(49-60-26-16-12-17-27-60)92(127)106-74(48-63-37-41-66(115)42-38-63)94(129)112-43-22-33-76(112)90(125)104-71(51-64-53-99-68-31-21-20-30-67(64)68)88(123)103-70(46-62-35-39-65(114)40-36-62)87(122)102-69(45-57(2)3)86(121)107-75(85(120)100-54-81(98)116)55-133-56-82(117)101-73(47-59-24-14-11-15-25-59)93(128)111(8)80(95(130)109(78)6)50-61-28-18-13-19-29-61/h11-21,24-31,35-42,53,57-58,69-80,84,99,114-115H,9-10,22-23,32-34,43-52,54-56H2,1-8H3,(H2,98,116)(H,100,120)(H,101,117)(H,102,122)(H,103,123)(H,104,125)(H,105,126)(H,106,127)(H,107,121)(H,108,124)(H,118,119)/t69-,70-,71-,72-,73-,74-,75-,76-,77-,78-,79-,80-,84-/m0/s1. The summed E-state index contributed by atoms with van der Waals surface area (Å²) >= 11 is 0.840. The van der Waals surface area contributed by atoms with Crippen LogP contribution in [0.1, 0.15) is 126 Å². The number of hydrogen-bond acceptors (Lipinski definition) is 19. The van der Waals surface area contributed by atoms with Gasteiger partial charge in [0, 0.05) is 95.6 Å². The molecule has 4 heterocycles. The number of aromatic amines is 1. The first-order chi connectivity index (χ1) is 63.5. The Labute approximate surface area is 776 Å². The second-order valence-electron chi connectivity index (χ2n) is 34.9. The lowest BCUT2D eigenvalue weighted by Gasteiger charge is -2.38. The van der Waals surface area contributed by atoms with E-state index in [1.807, 2.05) is 6.92 Å². The summed E-state index contributed by atoms with van der Waals surface area (Å²) in [7, 11) is 4.11. The minimum Gasteiger partial charge on any atom is -0.508 e.